The summed E-state index contributed by atoms with van der Waals surface area (Å²) in [5, 5.41) is 3.07. The minimum Gasteiger partial charge on any atom is -0.292 e. The van der Waals surface area contributed by atoms with E-state index in [2.05, 4.69) is 4.98 Å². The molecular formula is C14H12N2O2S3. The maximum atomic E-state index is 12.2. The molecule has 0 spiro atoms. The van der Waals surface area contributed by atoms with Gasteiger partial charge in [-0.2, -0.15) is 0 Å². The fourth-order valence-corrected chi connectivity index (χ4v) is 4.45. The van der Waals surface area contributed by atoms with Crippen LogP contribution in [0.1, 0.15) is 14.5 Å². The normalized spacial score (nSPS) is 11.1. The molecule has 21 heavy (non-hydrogen) atoms. The van der Waals surface area contributed by atoms with Crippen LogP contribution in [0.4, 0.5) is 0 Å². The van der Waals surface area contributed by atoms with Crippen LogP contribution in [0.25, 0.3) is 10.2 Å². The number of ketones is 1. The van der Waals surface area contributed by atoms with Crippen molar-refractivity contribution in [2.75, 3.05) is 5.75 Å². The van der Waals surface area contributed by atoms with Crippen LogP contribution < -0.4 is 5.56 Å². The molecule has 3 aromatic rings. The van der Waals surface area contributed by atoms with Crippen molar-refractivity contribution >= 4 is 50.4 Å². The van der Waals surface area contributed by atoms with E-state index in [1.165, 1.54) is 39.0 Å². The van der Waals surface area contributed by atoms with Gasteiger partial charge in [0.1, 0.15) is 4.83 Å². The molecule has 0 saturated carbocycles. The van der Waals surface area contributed by atoms with Crippen LogP contribution in [0.3, 0.4) is 0 Å². The first-order valence-electron chi connectivity index (χ1n) is 6.23. The third kappa shape index (κ3) is 2.81. The molecule has 0 fully saturated rings. The van der Waals surface area contributed by atoms with Crippen molar-refractivity contribution < 1.29 is 4.79 Å². The van der Waals surface area contributed by atoms with Gasteiger partial charge in [0.15, 0.2) is 10.9 Å². The van der Waals surface area contributed by atoms with Crippen LogP contribution in [0.2, 0.25) is 0 Å². The van der Waals surface area contributed by atoms with Gasteiger partial charge in [-0.3, -0.25) is 14.2 Å². The van der Waals surface area contributed by atoms with Gasteiger partial charge in [0.25, 0.3) is 5.56 Å². The number of carbonyl (C=O) groups excluding carboxylic acids is 1. The zero-order chi connectivity index (χ0) is 15.0. The SMILES string of the molecule is Cc1ccc(C(=O)CSc2nc3sccc3c(=O)n2C)s1. The molecule has 0 N–H and O–H groups in total. The van der Waals surface area contributed by atoms with Crippen LogP contribution in [-0.2, 0) is 7.05 Å². The first-order valence-corrected chi connectivity index (χ1v) is 8.91. The highest BCUT2D eigenvalue weighted by atomic mass is 32.2. The summed E-state index contributed by atoms with van der Waals surface area (Å²) in [7, 11) is 1.69. The lowest BCUT2D eigenvalue weighted by molar-refractivity contribution is 0.102. The van der Waals surface area contributed by atoms with Gasteiger partial charge in [0.2, 0.25) is 0 Å². The number of hydrogen-bond acceptors (Lipinski definition) is 6. The van der Waals surface area contributed by atoms with Gasteiger partial charge in [-0.15, -0.1) is 22.7 Å². The summed E-state index contributed by atoms with van der Waals surface area (Å²) in [6.45, 7) is 1.98. The summed E-state index contributed by atoms with van der Waals surface area (Å²) in [5.41, 5.74) is -0.0665. The number of Topliss-reactive ketones (excluding diaryl/α,β-unsaturated/α-hetero) is 1. The number of hydrogen-bond donors (Lipinski definition) is 0. The van der Waals surface area contributed by atoms with Crippen LogP contribution >= 0.6 is 34.4 Å². The Balaban J connectivity index is 1.83. The smallest absolute Gasteiger partial charge is 0.262 e. The third-order valence-electron chi connectivity index (χ3n) is 3.01. The summed E-state index contributed by atoms with van der Waals surface area (Å²) < 4.78 is 1.51. The lowest BCUT2D eigenvalue weighted by Crippen LogP contribution is -2.19. The maximum Gasteiger partial charge on any atom is 0.262 e. The Kier molecular flexibility index (Phi) is 3.97. The zero-order valence-corrected chi connectivity index (χ0v) is 13.9. The Morgan fingerprint density at radius 1 is 1.38 bits per heavy atom. The summed E-state index contributed by atoms with van der Waals surface area (Å²) in [6, 6.07) is 5.56. The molecule has 0 unspecified atom stereocenters. The Bertz CT molecular complexity index is 876. The second-order valence-corrected chi connectivity index (χ2v) is 7.65. The Morgan fingerprint density at radius 2 is 2.19 bits per heavy atom. The van der Waals surface area contributed by atoms with Gasteiger partial charge >= 0.3 is 0 Å². The van der Waals surface area contributed by atoms with Crippen molar-refractivity contribution in [3.63, 3.8) is 0 Å². The third-order valence-corrected chi connectivity index (χ3v) is 5.89. The fourth-order valence-electron chi connectivity index (χ4n) is 1.89. The largest absolute Gasteiger partial charge is 0.292 e. The van der Waals surface area contributed by atoms with Gasteiger partial charge in [-0.1, -0.05) is 11.8 Å². The monoisotopic (exact) mass is 336 g/mol. The molecule has 0 aliphatic heterocycles. The van der Waals surface area contributed by atoms with E-state index in [1.807, 2.05) is 24.4 Å². The Labute approximate surface area is 133 Å². The molecule has 3 aromatic heterocycles. The molecule has 0 amide bonds. The highest BCUT2D eigenvalue weighted by molar-refractivity contribution is 7.99. The van der Waals surface area contributed by atoms with Crippen molar-refractivity contribution in [3.05, 3.63) is 43.7 Å². The number of aryl methyl sites for hydroxylation is 1. The molecule has 108 valence electrons. The second-order valence-electron chi connectivity index (χ2n) is 4.52. The standard InChI is InChI=1S/C14H12N2O2S3/c1-8-3-4-11(21-8)10(17)7-20-14-15-12-9(5-6-19-12)13(18)16(14)2/h3-6H,7H2,1-2H3. The average molecular weight is 336 g/mol. The van der Waals surface area contributed by atoms with Crippen molar-refractivity contribution in [2.45, 2.75) is 12.1 Å². The molecule has 0 radical (unpaired) electrons. The van der Waals surface area contributed by atoms with E-state index < -0.39 is 0 Å². The number of thioether (sulfide) groups is 1. The Morgan fingerprint density at radius 3 is 2.90 bits per heavy atom. The first-order chi connectivity index (χ1) is 10.1. The predicted octanol–water partition coefficient (Wildman–Crippen LogP) is 3.34. The van der Waals surface area contributed by atoms with Gasteiger partial charge < -0.3 is 0 Å². The molecule has 0 saturated heterocycles. The van der Waals surface area contributed by atoms with Gasteiger partial charge in [-0.05, 0) is 30.5 Å². The minimum absolute atomic E-state index is 0.0665. The van der Waals surface area contributed by atoms with Crippen molar-refractivity contribution in [1.29, 1.82) is 0 Å². The van der Waals surface area contributed by atoms with E-state index >= 15 is 0 Å². The molecular weight excluding hydrogens is 324 g/mol. The molecule has 0 aliphatic rings. The van der Waals surface area contributed by atoms with Crippen LogP contribution in [0.15, 0.2) is 33.5 Å². The number of carbonyl (C=O) groups is 1. The molecule has 3 heterocycles. The quantitative estimate of drug-likeness (QED) is 0.416. The Hall–Kier alpha value is -1.44. The van der Waals surface area contributed by atoms with E-state index in [0.717, 1.165) is 14.6 Å². The minimum atomic E-state index is -0.0665. The molecule has 0 bridgehead atoms. The summed E-state index contributed by atoms with van der Waals surface area (Å²) in [5.74, 6) is 0.357. The zero-order valence-electron chi connectivity index (χ0n) is 11.5. The molecule has 4 nitrogen and oxygen atoms in total. The van der Waals surface area contributed by atoms with Crippen LogP contribution in [-0.4, -0.2) is 21.1 Å². The van der Waals surface area contributed by atoms with Crippen molar-refractivity contribution in [3.8, 4) is 0 Å². The number of thiophene rings is 2. The summed E-state index contributed by atoms with van der Waals surface area (Å²) in [4.78, 5) is 31.3. The summed E-state index contributed by atoms with van der Waals surface area (Å²) in [6.07, 6.45) is 0. The molecule has 3 rings (SSSR count). The van der Waals surface area contributed by atoms with E-state index in [1.54, 1.807) is 13.1 Å². The van der Waals surface area contributed by atoms with Crippen LogP contribution in [0, 0.1) is 6.92 Å². The number of rotatable bonds is 4. The number of aromatic nitrogens is 2. The average Bonchev–Trinajstić information content (AvgIpc) is 3.09. The van der Waals surface area contributed by atoms with Gasteiger partial charge in [-0.25, -0.2) is 4.98 Å². The fraction of sp³-hybridized carbons (Fsp3) is 0.214. The number of nitrogens with zero attached hydrogens (tertiary/aromatic N) is 2. The number of fused-ring (bicyclic) bond motifs is 1. The highest BCUT2D eigenvalue weighted by Gasteiger charge is 2.13. The van der Waals surface area contributed by atoms with Gasteiger partial charge in [0.05, 0.1) is 16.0 Å². The van der Waals surface area contributed by atoms with E-state index in [0.29, 0.717) is 10.5 Å². The summed E-state index contributed by atoms with van der Waals surface area (Å²) >= 11 is 4.24. The van der Waals surface area contributed by atoms with E-state index in [-0.39, 0.29) is 17.1 Å². The van der Waals surface area contributed by atoms with E-state index in [4.69, 9.17) is 0 Å². The molecule has 0 aromatic carbocycles. The topological polar surface area (TPSA) is 52.0 Å². The lowest BCUT2D eigenvalue weighted by atomic mass is 10.3. The van der Waals surface area contributed by atoms with Crippen LogP contribution in [0.5, 0.6) is 0 Å². The second kappa shape index (κ2) is 5.75. The molecule has 0 atom stereocenters. The maximum absolute atomic E-state index is 12.2. The predicted molar refractivity (Wildman–Crippen MR) is 89.0 cm³/mol. The highest BCUT2D eigenvalue weighted by Crippen LogP contribution is 2.23. The molecule has 7 heteroatoms. The molecule has 0 aliphatic carbocycles. The lowest BCUT2D eigenvalue weighted by Gasteiger charge is -2.05. The van der Waals surface area contributed by atoms with Crippen molar-refractivity contribution in [1.82, 2.24) is 9.55 Å². The van der Waals surface area contributed by atoms with Gasteiger partial charge in [0, 0.05) is 11.9 Å². The van der Waals surface area contributed by atoms with E-state index in [9.17, 15) is 9.59 Å². The first kappa shape index (κ1) is 14.5. The van der Waals surface area contributed by atoms with Crippen molar-refractivity contribution in [2.24, 2.45) is 7.05 Å².